The van der Waals surface area contributed by atoms with Crippen LogP contribution in [0, 0.1) is 0 Å². The van der Waals surface area contributed by atoms with Gasteiger partial charge in [0.25, 0.3) is 0 Å². The van der Waals surface area contributed by atoms with Gasteiger partial charge in [-0.15, -0.1) is 0 Å². The van der Waals surface area contributed by atoms with E-state index in [2.05, 4.69) is 16.9 Å². The maximum Gasteiger partial charge on any atom is 0.0695 e. The molecule has 0 unspecified atom stereocenters. The fraction of sp³-hybridized carbons (Fsp3) is 0.583. The van der Waals surface area contributed by atoms with Crippen molar-refractivity contribution in [3.63, 3.8) is 0 Å². The Morgan fingerprint density at radius 3 is 2.93 bits per heavy atom. The van der Waals surface area contributed by atoms with E-state index in [0.29, 0.717) is 6.04 Å². The molecule has 1 fully saturated rings. The van der Waals surface area contributed by atoms with E-state index in [4.69, 9.17) is 0 Å². The van der Waals surface area contributed by atoms with Crippen molar-refractivity contribution in [2.45, 2.75) is 38.0 Å². The first-order valence-corrected chi connectivity index (χ1v) is 5.55. The number of likely N-dealkylation sites (N-methyl/N-ethyl adjacent to an activating group) is 1. The van der Waals surface area contributed by atoms with Crippen molar-refractivity contribution in [1.82, 2.24) is 9.88 Å². The van der Waals surface area contributed by atoms with Crippen LogP contribution in [0.25, 0.3) is 0 Å². The lowest BCUT2D eigenvalue weighted by atomic mass is 10.2. The molecule has 1 aliphatic carbocycles. The predicted octanol–water partition coefficient (Wildman–Crippen LogP) is 1.43. The van der Waals surface area contributed by atoms with E-state index in [-0.39, 0.29) is 6.10 Å². The third kappa shape index (κ3) is 2.55. The van der Waals surface area contributed by atoms with Crippen LogP contribution < -0.4 is 0 Å². The minimum Gasteiger partial charge on any atom is -0.391 e. The van der Waals surface area contributed by atoms with Crippen LogP contribution in [0.4, 0.5) is 0 Å². The lowest BCUT2D eigenvalue weighted by Crippen LogP contribution is -2.37. The lowest BCUT2D eigenvalue weighted by molar-refractivity contribution is 0.0818. The molecule has 2 atom stereocenters. The smallest absolute Gasteiger partial charge is 0.0695 e. The Hall–Kier alpha value is -0.930. The molecular weight excluding hydrogens is 188 g/mol. The summed E-state index contributed by atoms with van der Waals surface area (Å²) in [4.78, 5) is 6.50. The Morgan fingerprint density at radius 2 is 2.33 bits per heavy atom. The van der Waals surface area contributed by atoms with Gasteiger partial charge in [0.2, 0.25) is 0 Å². The fourth-order valence-electron chi connectivity index (χ4n) is 2.30. The first kappa shape index (κ1) is 10.6. The van der Waals surface area contributed by atoms with Gasteiger partial charge in [-0.25, -0.2) is 0 Å². The fourth-order valence-corrected chi connectivity index (χ4v) is 2.30. The van der Waals surface area contributed by atoms with Crippen molar-refractivity contribution in [2.24, 2.45) is 0 Å². The molecule has 15 heavy (non-hydrogen) atoms. The molecule has 1 aliphatic rings. The molecule has 3 heteroatoms. The quantitative estimate of drug-likeness (QED) is 0.812. The average Bonchev–Trinajstić information content (AvgIpc) is 2.66. The summed E-state index contributed by atoms with van der Waals surface area (Å²) < 4.78 is 0. The summed E-state index contributed by atoms with van der Waals surface area (Å²) in [5.74, 6) is 0. The second-order valence-electron chi connectivity index (χ2n) is 4.30. The molecule has 1 heterocycles. The molecule has 0 radical (unpaired) electrons. The van der Waals surface area contributed by atoms with Crippen molar-refractivity contribution < 1.29 is 5.11 Å². The Morgan fingerprint density at radius 1 is 1.47 bits per heavy atom. The number of aliphatic hydroxyl groups is 1. The van der Waals surface area contributed by atoms with Crippen LogP contribution in [0.1, 0.15) is 25.0 Å². The Balaban J connectivity index is 1.94. The number of nitrogens with zero attached hydrogens (tertiary/aromatic N) is 2. The van der Waals surface area contributed by atoms with Gasteiger partial charge in [0.1, 0.15) is 0 Å². The van der Waals surface area contributed by atoms with Crippen LogP contribution in [0.3, 0.4) is 0 Å². The second kappa shape index (κ2) is 4.73. The standard InChI is InChI=1S/C12H18N2O/c1-14(11-6-4-7-12(11)15)9-10-5-2-3-8-13-10/h2-3,5,8,11-12,15H,4,6-7,9H2,1H3/t11-,12-/m1/s1. The number of aromatic nitrogens is 1. The van der Waals surface area contributed by atoms with Gasteiger partial charge in [0.05, 0.1) is 11.8 Å². The summed E-state index contributed by atoms with van der Waals surface area (Å²) in [6, 6.07) is 6.26. The zero-order valence-electron chi connectivity index (χ0n) is 9.13. The molecule has 0 amide bonds. The van der Waals surface area contributed by atoms with Crippen LogP contribution in [0.15, 0.2) is 24.4 Å². The molecule has 2 rings (SSSR count). The van der Waals surface area contributed by atoms with Crippen LogP contribution in [0.5, 0.6) is 0 Å². The van der Waals surface area contributed by atoms with Gasteiger partial charge in [0, 0.05) is 18.8 Å². The van der Waals surface area contributed by atoms with Crippen LogP contribution in [-0.4, -0.2) is 34.2 Å². The molecule has 1 saturated carbocycles. The molecule has 0 aromatic carbocycles. The predicted molar refractivity (Wildman–Crippen MR) is 59.3 cm³/mol. The Kier molecular flexibility index (Phi) is 3.34. The summed E-state index contributed by atoms with van der Waals surface area (Å²) in [6.45, 7) is 0.822. The van der Waals surface area contributed by atoms with Crippen LogP contribution >= 0.6 is 0 Å². The van der Waals surface area contributed by atoms with Gasteiger partial charge >= 0.3 is 0 Å². The van der Waals surface area contributed by atoms with E-state index in [0.717, 1.165) is 31.5 Å². The summed E-state index contributed by atoms with van der Waals surface area (Å²) in [7, 11) is 2.06. The van der Waals surface area contributed by atoms with E-state index in [1.54, 1.807) is 0 Å². The van der Waals surface area contributed by atoms with Crippen LogP contribution in [0.2, 0.25) is 0 Å². The first-order chi connectivity index (χ1) is 7.27. The second-order valence-corrected chi connectivity index (χ2v) is 4.30. The third-order valence-electron chi connectivity index (χ3n) is 3.15. The molecule has 1 aromatic heterocycles. The SMILES string of the molecule is CN(Cc1ccccn1)[C@@H]1CCC[C@H]1O. The lowest BCUT2D eigenvalue weighted by Gasteiger charge is -2.26. The molecule has 1 aromatic rings. The molecule has 1 N–H and O–H groups in total. The van der Waals surface area contributed by atoms with Crippen molar-refractivity contribution in [2.75, 3.05) is 7.05 Å². The van der Waals surface area contributed by atoms with Gasteiger partial charge < -0.3 is 5.11 Å². The molecule has 0 bridgehead atoms. The maximum absolute atomic E-state index is 9.78. The maximum atomic E-state index is 9.78. The van der Waals surface area contributed by atoms with Crippen molar-refractivity contribution in [3.05, 3.63) is 30.1 Å². The Labute approximate surface area is 90.8 Å². The van der Waals surface area contributed by atoms with Gasteiger partial charge in [-0.1, -0.05) is 6.07 Å². The number of rotatable bonds is 3. The minimum absolute atomic E-state index is 0.154. The zero-order chi connectivity index (χ0) is 10.7. The summed E-state index contributed by atoms with van der Waals surface area (Å²) >= 11 is 0. The minimum atomic E-state index is -0.154. The normalized spacial score (nSPS) is 26.1. The Bertz CT molecular complexity index is 302. The molecule has 82 valence electrons. The first-order valence-electron chi connectivity index (χ1n) is 5.55. The topological polar surface area (TPSA) is 36.4 Å². The van der Waals surface area contributed by atoms with Gasteiger partial charge in [0.15, 0.2) is 0 Å². The largest absolute Gasteiger partial charge is 0.391 e. The number of hydrogen-bond donors (Lipinski definition) is 1. The van der Waals surface area contributed by atoms with E-state index < -0.39 is 0 Å². The molecule has 0 spiro atoms. The van der Waals surface area contributed by atoms with E-state index in [9.17, 15) is 5.11 Å². The number of pyridine rings is 1. The monoisotopic (exact) mass is 206 g/mol. The highest BCUT2D eigenvalue weighted by Crippen LogP contribution is 2.23. The van der Waals surface area contributed by atoms with Crippen molar-refractivity contribution in [1.29, 1.82) is 0 Å². The summed E-state index contributed by atoms with van der Waals surface area (Å²) in [5, 5.41) is 9.78. The van der Waals surface area contributed by atoms with Gasteiger partial charge in [-0.2, -0.15) is 0 Å². The average molecular weight is 206 g/mol. The van der Waals surface area contributed by atoms with Crippen LogP contribution in [-0.2, 0) is 6.54 Å². The molecule has 3 nitrogen and oxygen atoms in total. The third-order valence-corrected chi connectivity index (χ3v) is 3.15. The highest BCUT2D eigenvalue weighted by molar-refractivity contribution is 5.03. The molecule has 0 saturated heterocycles. The highest BCUT2D eigenvalue weighted by Gasteiger charge is 2.28. The summed E-state index contributed by atoms with van der Waals surface area (Å²) in [5.41, 5.74) is 1.07. The molecule has 0 aliphatic heterocycles. The molecular formula is C12H18N2O. The van der Waals surface area contributed by atoms with E-state index in [1.165, 1.54) is 0 Å². The van der Waals surface area contributed by atoms with Crippen molar-refractivity contribution >= 4 is 0 Å². The zero-order valence-corrected chi connectivity index (χ0v) is 9.13. The highest BCUT2D eigenvalue weighted by atomic mass is 16.3. The van der Waals surface area contributed by atoms with E-state index in [1.807, 2.05) is 24.4 Å². The number of hydrogen-bond acceptors (Lipinski definition) is 3. The van der Waals surface area contributed by atoms with Gasteiger partial charge in [-0.05, 0) is 38.4 Å². The van der Waals surface area contributed by atoms with E-state index >= 15 is 0 Å². The summed E-state index contributed by atoms with van der Waals surface area (Å²) in [6.07, 6.45) is 4.84. The number of aliphatic hydroxyl groups excluding tert-OH is 1. The van der Waals surface area contributed by atoms with Crippen molar-refractivity contribution in [3.8, 4) is 0 Å². The van der Waals surface area contributed by atoms with Gasteiger partial charge in [-0.3, -0.25) is 9.88 Å².